The molecule has 3 aromatic rings. The summed E-state index contributed by atoms with van der Waals surface area (Å²) in [5.74, 6) is 0.481. The summed E-state index contributed by atoms with van der Waals surface area (Å²) in [5, 5.41) is 9.41. The van der Waals surface area contributed by atoms with Gasteiger partial charge in [0.25, 0.3) is 0 Å². The number of halogens is 3. The number of nitrogens with one attached hydrogen (secondary N) is 1. The van der Waals surface area contributed by atoms with E-state index in [4.69, 9.17) is 0 Å². The van der Waals surface area contributed by atoms with Gasteiger partial charge in [0.1, 0.15) is 11.6 Å². The molecule has 0 spiro atoms. The Kier molecular flexibility index (Phi) is 2.67. The molecule has 6 heteroatoms. The van der Waals surface area contributed by atoms with Crippen LogP contribution >= 0.6 is 0 Å². The van der Waals surface area contributed by atoms with Gasteiger partial charge in [-0.25, -0.2) is 4.98 Å². The van der Waals surface area contributed by atoms with Gasteiger partial charge < -0.3 is 10.1 Å². The minimum Gasteiger partial charge on any atom is -0.508 e. The van der Waals surface area contributed by atoms with E-state index in [1.54, 1.807) is 12.1 Å². The molecule has 0 aliphatic heterocycles. The lowest BCUT2D eigenvalue weighted by Crippen LogP contribution is -2.04. The molecule has 0 saturated carbocycles. The Hall–Kier alpha value is -2.50. The minimum absolute atomic E-state index is 0.0685. The molecule has 0 fully saturated rings. The summed E-state index contributed by atoms with van der Waals surface area (Å²) in [7, 11) is 0. The topological polar surface area (TPSA) is 48.9 Å². The zero-order chi connectivity index (χ0) is 14.3. The van der Waals surface area contributed by atoms with Gasteiger partial charge >= 0.3 is 6.18 Å². The van der Waals surface area contributed by atoms with E-state index in [1.807, 2.05) is 0 Å². The average molecular weight is 278 g/mol. The quantitative estimate of drug-likeness (QED) is 0.708. The third-order valence-corrected chi connectivity index (χ3v) is 2.93. The molecule has 0 bridgehead atoms. The van der Waals surface area contributed by atoms with Crippen LogP contribution < -0.4 is 0 Å². The van der Waals surface area contributed by atoms with Crippen LogP contribution in [0, 0.1) is 0 Å². The summed E-state index contributed by atoms with van der Waals surface area (Å²) in [6.07, 6.45) is -4.38. The summed E-state index contributed by atoms with van der Waals surface area (Å²) >= 11 is 0. The molecule has 0 unspecified atom stereocenters. The molecule has 3 rings (SSSR count). The van der Waals surface area contributed by atoms with Crippen molar-refractivity contribution in [3.8, 4) is 17.1 Å². The molecule has 0 aliphatic rings. The maximum atomic E-state index is 12.6. The average Bonchev–Trinajstić information content (AvgIpc) is 2.80. The molecule has 102 valence electrons. The summed E-state index contributed by atoms with van der Waals surface area (Å²) < 4.78 is 37.9. The van der Waals surface area contributed by atoms with Crippen LogP contribution in [-0.4, -0.2) is 15.1 Å². The number of phenolic OH excluding ortho intramolecular Hbond substituents is 1. The second-order valence-electron chi connectivity index (χ2n) is 4.37. The molecule has 0 aliphatic carbocycles. The summed E-state index contributed by atoms with van der Waals surface area (Å²) in [5.41, 5.74) is 0.625. The van der Waals surface area contributed by atoms with Crippen LogP contribution in [0.5, 0.6) is 5.75 Å². The van der Waals surface area contributed by atoms with Crippen LogP contribution in [0.25, 0.3) is 22.4 Å². The first-order valence-electron chi connectivity index (χ1n) is 5.80. The van der Waals surface area contributed by atoms with E-state index in [1.165, 1.54) is 18.2 Å². The summed E-state index contributed by atoms with van der Waals surface area (Å²) in [4.78, 5) is 7.04. The third kappa shape index (κ3) is 2.20. The van der Waals surface area contributed by atoms with Crippen LogP contribution in [-0.2, 0) is 6.18 Å². The largest absolute Gasteiger partial charge is 0.508 e. The Balaban J connectivity index is 2.11. The first-order chi connectivity index (χ1) is 9.43. The Labute approximate surface area is 111 Å². The van der Waals surface area contributed by atoms with Crippen LogP contribution in [0.3, 0.4) is 0 Å². The number of fused-ring (bicyclic) bond motifs is 1. The highest BCUT2D eigenvalue weighted by Gasteiger charge is 2.30. The van der Waals surface area contributed by atoms with Crippen LogP contribution in [0.4, 0.5) is 13.2 Å². The molecule has 0 amide bonds. The van der Waals surface area contributed by atoms with Crippen LogP contribution in [0.15, 0.2) is 42.5 Å². The number of aromatic amines is 1. The second-order valence-corrected chi connectivity index (χ2v) is 4.37. The zero-order valence-electron chi connectivity index (χ0n) is 10.1. The highest BCUT2D eigenvalue weighted by atomic mass is 19.4. The number of benzene rings is 2. The van der Waals surface area contributed by atoms with Crippen molar-refractivity contribution in [2.24, 2.45) is 0 Å². The third-order valence-electron chi connectivity index (χ3n) is 2.93. The fourth-order valence-electron chi connectivity index (χ4n) is 1.98. The lowest BCUT2D eigenvalue weighted by Gasteiger charge is -2.05. The van der Waals surface area contributed by atoms with Crippen molar-refractivity contribution in [2.75, 3.05) is 0 Å². The Morgan fingerprint density at radius 1 is 1.05 bits per heavy atom. The molecule has 3 nitrogen and oxygen atoms in total. The number of rotatable bonds is 1. The van der Waals surface area contributed by atoms with Crippen molar-refractivity contribution in [1.82, 2.24) is 9.97 Å². The predicted molar refractivity (Wildman–Crippen MR) is 68.2 cm³/mol. The number of alkyl halides is 3. The monoisotopic (exact) mass is 278 g/mol. The second kappa shape index (κ2) is 4.26. The van der Waals surface area contributed by atoms with Crippen molar-refractivity contribution in [3.63, 3.8) is 0 Å². The smallest absolute Gasteiger partial charge is 0.416 e. The number of imidazole rings is 1. The van der Waals surface area contributed by atoms with Gasteiger partial charge in [-0.1, -0.05) is 12.1 Å². The maximum absolute atomic E-state index is 12.6. The number of hydrogen-bond acceptors (Lipinski definition) is 2. The van der Waals surface area contributed by atoms with Crippen molar-refractivity contribution in [1.29, 1.82) is 0 Å². The lowest BCUT2D eigenvalue weighted by atomic mass is 10.2. The molecule has 2 N–H and O–H groups in total. The van der Waals surface area contributed by atoms with Gasteiger partial charge in [-0.05, 0) is 30.3 Å². The number of phenols is 1. The first-order valence-corrected chi connectivity index (χ1v) is 5.80. The zero-order valence-corrected chi connectivity index (χ0v) is 10.1. The van der Waals surface area contributed by atoms with E-state index >= 15 is 0 Å². The normalized spacial score (nSPS) is 11.9. The van der Waals surface area contributed by atoms with Crippen molar-refractivity contribution in [2.45, 2.75) is 6.18 Å². The van der Waals surface area contributed by atoms with Gasteiger partial charge in [0.15, 0.2) is 0 Å². The van der Waals surface area contributed by atoms with Gasteiger partial charge in [-0.2, -0.15) is 13.2 Å². The molecular weight excluding hydrogens is 269 g/mol. The number of H-pyrrole nitrogens is 1. The van der Waals surface area contributed by atoms with Crippen molar-refractivity contribution < 1.29 is 18.3 Å². The van der Waals surface area contributed by atoms with Gasteiger partial charge in [0.05, 0.1) is 16.6 Å². The van der Waals surface area contributed by atoms with Gasteiger partial charge in [0.2, 0.25) is 0 Å². The van der Waals surface area contributed by atoms with E-state index in [0.29, 0.717) is 22.4 Å². The number of nitrogens with zero attached hydrogens (tertiary/aromatic N) is 1. The Morgan fingerprint density at radius 2 is 1.85 bits per heavy atom. The van der Waals surface area contributed by atoms with Crippen LogP contribution in [0.2, 0.25) is 0 Å². The lowest BCUT2D eigenvalue weighted by molar-refractivity contribution is -0.137. The molecule has 0 saturated heterocycles. The van der Waals surface area contributed by atoms with E-state index < -0.39 is 11.7 Å². The highest BCUT2D eigenvalue weighted by Crippen LogP contribution is 2.31. The van der Waals surface area contributed by atoms with E-state index in [9.17, 15) is 18.3 Å². The molecule has 2 aromatic carbocycles. The van der Waals surface area contributed by atoms with E-state index in [0.717, 1.165) is 12.1 Å². The molecule has 0 atom stereocenters. The van der Waals surface area contributed by atoms with Crippen molar-refractivity contribution in [3.05, 3.63) is 48.0 Å². The Morgan fingerprint density at radius 3 is 2.55 bits per heavy atom. The standard InChI is InChI=1S/C14H9F3N2O/c15-14(16,17)9-4-5-11-12(7-9)19-13(18-11)8-2-1-3-10(20)6-8/h1-7,20H,(H,18,19). The van der Waals surface area contributed by atoms with Crippen molar-refractivity contribution >= 4 is 11.0 Å². The SMILES string of the molecule is Oc1cccc(-c2nc3ccc(C(F)(F)F)cc3[nH]2)c1. The van der Waals surface area contributed by atoms with E-state index in [-0.39, 0.29) is 5.75 Å². The number of aromatic nitrogens is 2. The highest BCUT2D eigenvalue weighted by molar-refractivity contribution is 5.80. The van der Waals surface area contributed by atoms with Gasteiger partial charge in [-0.15, -0.1) is 0 Å². The van der Waals surface area contributed by atoms with Crippen LogP contribution in [0.1, 0.15) is 5.56 Å². The Bertz CT molecular complexity index is 777. The number of aromatic hydroxyl groups is 1. The molecule has 1 aromatic heterocycles. The van der Waals surface area contributed by atoms with Gasteiger partial charge in [0, 0.05) is 5.56 Å². The fourth-order valence-corrected chi connectivity index (χ4v) is 1.98. The molecule has 0 radical (unpaired) electrons. The maximum Gasteiger partial charge on any atom is 0.416 e. The first kappa shape index (κ1) is 12.5. The molecule has 20 heavy (non-hydrogen) atoms. The molecular formula is C14H9F3N2O. The van der Waals surface area contributed by atoms with E-state index in [2.05, 4.69) is 9.97 Å². The predicted octanol–water partition coefficient (Wildman–Crippen LogP) is 3.95. The minimum atomic E-state index is -4.38. The summed E-state index contributed by atoms with van der Waals surface area (Å²) in [6, 6.07) is 9.68. The molecule has 1 heterocycles. The number of hydrogen-bond donors (Lipinski definition) is 2. The van der Waals surface area contributed by atoms with Gasteiger partial charge in [-0.3, -0.25) is 0 Å². The fraction of sp³-hybridized carbons (Fsp3) is 0.0714. The summed E-state index contributed by atoms with van der Waals surface area (Å²) in [6.45, 7) is 0.